The summed E-state index contributed by atoms with van der Waals surface area (Å²) in [6, 6.07) is 19.6. The second-order valence-corrected chi connectivity index (χ2v) is 7.25. The van der Waals surface area contributed by atoms with Crippen molar-refractivity contribution in [1.29, 1.82) is 0 Å². The van der Waals surface area contributed by atoms with Gasteiger partial charge in [0.15, 0.2) is 11.5 Å². The van der Waals surface area contributed by atoms with Crippen LogP contribution in [0.15, 0.2) is 60.7 Å². The monoisotopic (exact) mass is 431 g/mol. The van der Waals surface area contributed by atoms with Crippen molar-refractivity contribution in [3.8, 4) is 28.4 Å². The number of anilines is 3. The molecule has 0 atom stereocenters. The van der Waals surface area contributed by atoms with E-state index in [1.807, 2.05) is 54.6 Å². The molecule has 0 aliphatic heterocycles. The minimum Gasteiger partial charge on any atom is -0.493 e. The number of aromatic amines is 1. The smallest absolute Gasteiger partial charge is 0.221 e. The van der Waals surface area contributed by atoms with Crippen LogP contribution in [0.1, 0.15) is 6.92 Å². The Bertz CT molecular complexity index is 1250. The molecule has 4 aromatic rings. The SMILES string of the molecule is COc1cc(Nc2cc3cccc(-c4cccc(NC(C)=O)c4)c3[nH]2)cc(OC)c1OC. The van der Waals surface area contributed by atoms with E-state index in [-0.39, 0.29) is 5.91 Å². The van der Waals surface area contributed by atoms with Crippen LogP contribution in [0.5, 0.6) is 17.2 Å². The fraction of sp³-hybridized carbons (Fsp3) is 0.160. The van der Waals surface area contributed by atoms with E-state index in [4.69, 9.17) is 14.2 Å². The summed E-state index contributed by atoms with van der Waals surface area (Å²) in [6.07, 6.45) is 0. The Morgan fingerprint density at radius 3 is 2.22 bits per heavy atom. The summed E-state index contributed by atoms with van der Waals surface area (Å²) in [5, 5.41) is 7.28. The number of para-hydroxylation sites is 1. The van der Waals surface area contributed by atoms with Gasteiger partial charge in [-0.3, -0.25) is 4.79 Å². The van der Waals surface area contributed by atoms with Gasteiger partial charge in [0.2, 0.25) is 11.7 Å². The summed E-state index contributed by atoms with van der Waals surface area (Å²) >= 11 is 0. The zero-order valence-corrected chi connectivity index (χ0v) is 18.4. The number of benzene rings is 3. The Morgan fingerprint density at radius 1 is 0.844 bits per heavy atom. The van der Waals surface area contributed by atoms with Crippen LogP contribution in [-0.4, -0.2) is 32.2 Å². The van der Waals surface area contributed by atoms with Crippen molar-refractivity contribution < 1.29 is 19.0 Å². The van der Waals surface area contributed by atoms with Crippen LogP contribution in [0, 0.1) is 0 Å². The molecule has 1 amide bonds. The molecule has 0 saturated carbocycles. The number of aromatic nitrogens is 1. The van der Waals surface area contributed by atoms with E-state index in [0.717, 1.165) is 39.2 Å². The van der Waals surface area contributed by atoms with Crippen molar-refractivity contribution >= 4 is 34.0 Å². The predicted molar refractivity (Wildman–Crippen MR) is 127 cm³/mol. The molecule has 0 fully saturated rings. The Hall–Kier alpha value is -4.13. The Balaban J connectivity index is 1.71. The van der Waals surface area contributed by atoms with Crippen molar-refractivity contribution in [2.24, 2.45) is 0 Å². The van der Waals surface area contributed by atoms with Gasteiger partial charge < -0.3 is 29.8 Å². The maximum atomic E-state index is 11.4. The number of hydrogen-bond acceptors (Lipinski definition) is 5. The number of ether oxygens (including phenoxy) is 3. The molecule has 0 bridgehead atoms. The van der Waals surface area contributed by atoms with E-state index in [1.54, 1.807) is 21.3 Å². The largest absolute Gasteiger partial charge is 0.493 e. The van der Waals surface area contributed by atoms with E-state index in [9.17, 15) is 4.79 Å². The van der Waals surface area contributed by atoms with Crippen molar-refractivity contribution in [2.75, 3.05) is 32.0 Å². The van der Waals surface area contributed by atoms with E-state index in [1.165, 1.54) is 6.92 Å². The summed E-state index contributed by atoms with van der Waals surface area (Å²) in [5.74, 6) is 2.40. The molecule has 0 radical (unpaired) electrons. The van der Waals surface area contributed by atoms with Crippen LogP contribution >= 0.6 is 0 Å². The molecular weight excluding hydrogens is 406 g/mol. The van der Waals surface area contributed by atoms with Gasteiger partial charge in [0.25, 0.3) is 0 Å². The number of rotatable bonds is 7. The van der Waals surface area contributed by atoms with E-state index in [0.29, 0.717) is 17.2 Å². The predicted octanol–water partition coefficient (Wildman–Crippen LogP) is 5.56. The quantitative estimate of drug-likeness (QED) is 0.357. The van der Waals surface area contributed by atoms with E-state index < -0.39 is 0 Å². The summed E-state index contributed by atoms with van der Waals surface area (Å²) in [5.41, 5.74) is 4.58. The number of amides is 1. The van der Waals surface area contributed by atoms with Crippen molar-refractivity contribution in [3.05, 3.63) is 60.7 Å². The van der Waals surface area contributed by atoms with Crippen molar-refractivity contribution in [1.82, 2.24) is 4.98 Å². The topological polar surface area (TPSA) is 84.6 Å². The van der Waals surface area contributed by atoms with Gasteiger partial charge >= 0.3 is 0 Å². The number of H-pyrrole nitrogens is 1. The standard InChI is InChI=1S/C25H25N3O4/c1-15(29)26-18-9-5-7-16(11-18)20-10-6-8-17-12-23(28-24(17)20)27-19-13-21(30-2)25(32-4)22(14-19)31-3/h5-14,27-28H,1-4H3,(H,26,29). The van der Waals surface area contributed by atoms with Gasteiger partial charge in [-0.25, -0.2) is 0 Å². The first kappa shape index (κ1) is 21.1. The molecule has 0 spiro atoms. The van der Waals surface area contributed by atoms with Gasteiger partial charge in [0.05, 0.1) is 26.8 Å². The van der Waals surface area contributed by atoms with Gasteiger partial charge in [0, 0.05) is 41.4 Å². The molecule has 164 valence electrons. The molecule has 32 heavy (non-hydrogen) atoms. The molecule has 3 N–H and O–H groups in total. The van der Waals surface area contributed by atoms with Crippen LogP contribution in [-0.2, 0) is 4.79 Å². The molecule has 7 nitrogen and oxygen atoms in total. The highest BCUT2D eigenvalue weighted by Gasteiger charge is 2.14. The van der Waals surface area contributed by atoms with Crippen LogP contribution < -0.4 is 24.8 Å². The average Bonchev–Trinajstić information content (AvgIpc) is 3.20. The third kappa shape index (κ3) is 4.18. The lowest BCUT2D eigenvalue weighted by Crippen LogP contribution is -2.05. The fourth-order valence-corrected chi connectivity index (χ4v) is 3.74. The van der Waals surface area contributed by atoms with Gasteiger partial charge in [-0.2, -0.15) is 0 Å². The highest BCUT2D eigenvalue weighted by atomic mass is 16.5. The maximum absolute atomic E-state index is 11.4. The number of fused-ring (bicyclic) bond motifs is 1. The summed E-state index contributed by atoms with van der Waals surface area (Å²) in [4.78, 5) is 14.9. The third-order valence-electron chi connectivity index (χ3n) is 5.09. The molecule has 1 heterocycles. The number of methoxy groups -OCH3 is 3. The highest BCUT2D eigenvalue weighted by molar-refractivity contribution is 5.98. The lowest BCUT2D eigenvalue weighted by atomic mass is 10.0. The maximum Gasteiger partial charge on any atom is 0.221 e. The number of hydrogen-bond donors (Lipinski definition) is 3. The Kier molecular flexibility index (Phi) is 5.89. The highest BCUT2D eigenvalue weighted by Crippen LogP contribution is 2.41. The molecule has 0 aliphatic rings. The first-order valence-electron chi connectivity index (χ1n) is 10.1. The first-order chi connectivity index (χ1) is 15.5. The second-order valence-electron chi connectivity index (χ2n) is 7.25. The molecule has 0 saturated heterocycles. The van der Waals surface area contributed by atoms with Crippen molar-refractivity contribution in [3.63, 3.8) is 0 Å². The van der Waals surface area contributed by atoms with Gasteiger partial charge in [-0.15, -0.1) is 0 Å². The van der Waals surface area contributed by atoms with E-state index >= 15 is 0 Å². The third-order valence-corrected chi connectivity index (χ3v) is 5.09. The lowest BCUT2D eigenvalue weighted by Gasteiger charge is -2.14. The number of nitrogens with one attached hydrogen (secondary N) is 3. The van der Waals surface area contributed by atoms with Crippen LogP contribution in [0.4, 0.5) is 17.2 Å². The average molecular weight is 431 g/mol. The Labute approximate surface area is 186 Å². The second kappa shape index (κ2) is 8.93. The molecule has 0 aliphatic carbocycles. The normalized spacial score (nSPS) is 10.6. The van der Waals surface area contributed by atoms with Crippen LogP contribution in [0.3, 0.4) is 0 Å². The number of carbonyl (C=O) groups excluding carboxylic acids is 1. The molecule has 0 unspecified atom stereocenters. The van der Waals surface area contributed by atoms with Gasteiger partial charge in [-0.1, -0.05) is 30.3 Å². The molecule has 7 heteroatoms. The van der Waals surface area contributed by atoms with Crippen LogP contribution in [0.2, 0.25) is 0 Å². The Morgan fingerprint density at radius 2 is 1.56 bits per heavy atom. The minimum atomic E-state index is -0.0999. The fourth-order valence-electron chi connectivity index (χ4n) is 3.74. The summed E-state index contributed by atoms with van der Waals surface area (Å²) in [6.45, 7) is 1.50. The minimum absolute atomic E-state index is 0.0999. The molecule has 1 aromatic heterocycles. The summed E-state index contributed by atoms with van der Waals surface area (Å²) < 4.78 is 16.3. The first-order valence-corrected chi connectivity index (χ1v) is 10.1. The zero-order valence-electron chi connectivity index (χ0n) is 18.4. The summed E-state index contributed by atoms with van der Waals surface area (Å²) in [7, 11) is 4.75. The van der Waals surface area contributed by atoms with Gasteiger partial charge in [-0.05, 0) is 23.8 Å². The number of carbonyl (C=O) groups is 1. The molecular formula is C25H25N3O4. The van der Waals surface area contributed by atoms with E-state index in [2.05, 4.69) is 21.7 Å². The molecule has 4 rings (SSSR count). The molecule has 3 aromatic carbocycles. The zero-order chi connectivity index (χ0) is 22.7. The van der Waals surface area contributed by atoms with Gasteiger partial charge in [0.1, 0.15) is 5.82 Å². The lowest BCUT2D eigenvalue weighted by molar-refractivity contribution is -0.114. The van der Waals surface area contributed by atoms with Crippen LogP contribution in [0.25, 0.3) is 22.0 Å². The van der Waals surface area contributed by atoms with Crippen molar-refractivity contribution in [2.45, 2.75) is 6.92 Å².